The molecule has 2 heterocycles. The molecule has 2 nitrogen and oxygen atoms in total. The first-order valence-electron chi connectivity index (χ1n) is 24.7. The van der Waals surface area contributed by atoms with Crippen molar-refractivity contribution in [3.05, 3.63) is 307 Å². The lowest BCUT2D eigenvalue weighted by Gasteiger charge is -2.50. The van der Waals surface area contributed by atoms with Gasteiger partial charge in [0.2, 0.25) is 0 Å². The van der Waals surface area contributed by atoms with Crippen molar-refractivity contribution in [2.24, 2.45) is 0 Å². The topological polar surface area (TPSA) is 12.5 Å². The monoisotopic (exact) mass is 937 g/mol. The average molecular weight is 938 g/mol. The van der Waals surface area contributed by atoms with Gasteiger partial charge in [0.05, 0.1) is 5.41 Å². The van der Waals surface area contributed by atoms with Gasteiger partial charge in [-0.15, -0.1) is 0 Å². The molecule has 14 rings (SSSR count). The maximum absolute atomic E-state index is 6.91. The van der Waals surface area contributed by atoms with Crippen LogP contribution < -0.4 is 51.1 Å². The fraction of sp³-hybridized carbons (Fsp3) is 0.0149. The summed E-state index contributed by atoms with van der Waals surface area (Å²) in [6.45, 7) is 0. The molecule has 0 radical (unpaired) electrons. The molecule has 3 aliphatic rings. The van der Waals surface area contributed by atoms with Crippen LogP contribution in [0.3, 0.4) is 0 Å². The zero-order chi connectivity index (χ0) is 47.0. The molecule has 0 bridgehead atoms. The Morgan fingerprint density at radius 2 is 0.704 bits per heavy atom. The molecule has 0 saturated carbocycles. The summed E-state index contributed by atoms with van der Waals surface area (Å²) in [5, 5.41) is 11.0. The number of para-hydroxylation sites is 3. The first-order chi connectivity index (χ1) is 35.2. The van der Waals surface area contributed by atoms with Gasteiger partial charge in [0, 0.05) is 17.1 Å². The molecule has 0 unspecified atom stereocenters. The number of hydrogen-bond donors (Lipinski definition) is 0. The van der Waals surface area contributed by atoms with E-state index in [2.05, 4.69) is 290 Å². The van der Waals surface area contributed by atoms with Crippen LogP contribution in [0.15, 0.2) is 285 Å². The Kier molecular flexibility index (Phi) is 9.50. The second-order valence-electron chi connectivity index (χ2n) is 19.0. The summed E-state index contributed by atoms with van der Waals surface area (Å²) in [7, 11) is -6.19. The normalized spacial score (nSPS) is 14.6. The van der Waals surface area contributed by atoms with Crippen LogP contribution in [0.25, 0.3) is 11.1 Å². The molecule has 11 aromatic rings. The van der Waals surface area contributed by atoms with Gasteiger partial charge in [0.1, 0.15) is 11.5 Å². The van der Waals surface area contributed by atoms with Crippen molar-refractivity contribution in [2.45, 2.75) is 5.41 Å². The Labute approximate surface area is 417 Å². The van der Waals surface area contributed by atoms with Gasteiger partial charge in [0.15, 0.2) is 16.1 Å². The van der Waals surface area contributed by atoms with Crippen molar-refractivity contribution in [1.82, 2.24) is 0 Å². The minimum Gasteiger partial charge on any atom is -0.458 e. The van der Waals surface area contributed by atoms with Gasteiger partial charge in [-0.25, -0.2) is 0 Å². The number of benzene rings is 11. The molecule has 0 N–H and O–H groups in total. The highest BCUT2D eigenvalue weighted by Gasteiger charge is 2.59. The minimum absolute atomic E-state index is 0.545. The maximum atomic E-state index is 6.91. The van der Waals surface area contributed by atoms with Gasteiger partial charge < -0.3 is 9.64 Å². The van der Waals surface area contributed by atoms with Crippen molar-refractivity contribution in [3.63, 3.8) is 0 Å². The molecule has 71 heavy (non-hydrogen) atoms. The first-order valence-corrected chi connectivity index (χ1v) is 28.7. The molecule has 2 aliphatic heterocycles. The van der Waals surface area contributed by atoms with E-state index in [0.29, 0.717) is 0 Å². The lowest BCUT2D eigenvalue weighted by atomic mass is 9.67. The molecule has 1 aliphatic carbocycles. The molecule has 0 amide bonds. The van der Waals surface area contributed by atoms with Crippen LogP contribution in [-0.4, -0.2) is 16.1 Å². The van der Waals surface area contributed by atoms with Gasteiger partial charge in [-0.05, 0) is 123 Å². The number of anilines is 3. The van der Waals surface area contributed by atoms with Crippen molar-refractivity contribution in [2.75, 3.05) is 4.90 Å². The third kappa shape index (κ3) is 5.80. The SMILES string of the molecule is c1ccc(N(c2ccc3c(c2)C(c2ccccc2)(c2ccccc2)c2ccccc2-3)c2ccc3c(c2)[Si](c2ccccc2)(c2ccccc2)c2ccccc2[Si]32c3ccccc3Oc3ccccc32)cc1. The van der Waals surface area contributed by atoms with E-state index in [9.17, 15) is 0 Å². The van der Waals surface area contributed by atoms with Crippen molar-refractivity contribution >= 4 is 74.7 Å². The molecule has 0 aromatic heterocycles. The van der Waals surface area contributed by atoms with E-state index in [1.807, 2.05) is 0 Å². The van der Waals surface area contributed by atoms with E-state index in [1.54, 1.807) is 0 Å². The van der Waals surface area contributed by atoms with E-state index in [1.165, 1.54) is 74.9 Å². The lowest BCUT2D eigenvalue weighted by molar-refractivity contribution is 0.487. The molecular formula is C67H47NOSi2. The lowest BCUT2D eigenvalue weighted by Crippen LogP contribution is -2.93. The number of ether oxygens (including phenoxy) is 1. The van der Waals surface area contributed by atoms with E-state index >= 15 is 0 Å². The molecule has 0 saturated heterocycles. The van der Waals surface area contributed by atoms with Gasteiger partial charge in [-0.2, -0.15) is 0 Å². The quantitative estimate of drug-likeness (QED) is 0.148. The minimum atomic E-state index is -3.11. The van der Waals surface area contributed by atoms with Crippen LogP contribution in [-0.2, 0) is 5.41 Å². The Morgan fingerprint density at radius 3 is 1.30 bits per heavy atom. The van der Waals surface area contributed by atoms with Gasteiger partial charge in [-0.1, -0.05) is 237 Å². The summed E-state index contributed by atoms with van der Waals surface area (Å²) in [4.78, 5) is 2.51. The molecule has 0 atom stereocenters. The van der Waals surface area contributed by atoms with E-state index in [-0.39, 0.29) is 0 Å². The molecule has 4 heteroatoms. The number of nitrogens with zero attached hydrogens (tertiary/aromatic N) is 1. The standard InChI is InChI=1S/C67H47NOSi2/c1-6-24-48(25-7-1)67(49-26-8-2-9-27-49)57-35-17-16-34-55(57)56-44-42-51(46-58(56)67)68(50-28-10-3-11-29-50)52-43-45-65-66(47-52)70(53-30-12-4-13-31-53,54-32-14-5-15-33-54)63-40-22-23-41-64(63)71(65)61-38-20-18-36-59(61)69-60-37-19-21-39-62(60)71/h1-47H. The smallest absolute Gasteiger partial charge is 0.188 e. The van der Waals surface area contributed by atoms with Gasteiger partial charge in [0.25, 0.3) is 0 Å². The number of fused-ring (bicyclic) bond motifs is 11. The van der Waals surface area contributed by atoms with Crippen LogP contribution in [0.4, 0.5) is 17.1 Å². The van der Waals surface area contributed by atoms with Crippen LogP contribution in [0.1, 0.15) is 22.3 Å². The molecule has 1 spiro atoms. The average Bonchev–Trinajstić information content (AvgIpc) is 3.75. The number of rotatable bonds is 7. The third-order valence-corrected chi connectivity index (χ3v) is 26.0. The van der Waals surface area contributed by atoms with E-state index in [4.69, 9.17) is 4.74 Å². The zero-order valence-electron chi connectivity index (χ0n) is 39.0. The van der Waals surface area contributed by atoms with Crippen molar-refractivity contribution < 1.29 is 4.74 Å². The Bertz CT molecular complexity index is 3680. The van der Waals surface area contributed by atoms with Crippen molar-refractivity contribution in [1.29, 1.82) is 0 Å². The molecule has 0 fully saturated rings. The second kappa shape index (κ2) is 16.3. The summed E-state index contributed by atoms with van der Waals surface area (Å²) in [6, 6.07) is 107. The number of hydrogen-bond acceptors (Lipinski definition) is 2. The second-order valence-corrected chi connectivity index (χ2v) is 26.4. The summed E-state index contributed by atoms with van der Waals surface area (Å²) in [6.07, 6.45) is 0. The fourth-order valence-electron chi connectivity index (χ4n) is 13.1. The highest BCUT2D eigenvalue weighted by Crippen LogP contribution is 2.57. The van der Waals surface area contributed by atoms with Gasteiger partial charge >= 0.3 is 0 Å². The fourth-order valence-corrected chi connectivity index (χ4v) is 25.3. The molecular weight excluding hydrogens is 891 g/mol. The van der Waals surface area contributed by atoms with E-state index in [0.717, 1.165) is 28.6 Å². The van der Waals surface area contributed by atoms with E-state index < -0.39 is 21.6 Å². The highest BCUT2D eigenvalue weighted by atomic mass is 28.3. The summed E-state index contributed by atoms with van der Waals surface area (Å²) in [5.74, 6) is 1.89. The first kappa shape index (κ1) is 41.4. The summed E-state index contributed by atoms with van der Waals surface area (Å²) < 4.78 is 6.91. The van der Waals surface area contributed by atoms with Crippen LogP contribution in [0.2, 0.25) is 0 Å². The molecule has 11 aromatic carbocycles. The Morgan fingerprint density at radius 1 is 0.282 bits per heavy atom. The largest absolute Gasteiger partial charge is 0.458 e. The molecule has 334 valence electrons. The highest BCUT2D eigenvalue weighted by molar-refractivity contribution is 7.33. The maximum Gasteiger partial charge on any atom is 0.188 e. The van der Waals surface area contributed by atoms with Crippen LogP contribution >= 0.6 is 0 Å². The summed E-state index contributed by atoms with van der Waals surface area (Å²) >= 11 is 0. The van der Waals surface area contributed by atoms with Gasteiger partial charge in [-0.3, -0.25) is 0 Å². The Hall–Kier alpha value is -8.55. The zero-order valence-corrected chi connectivity index (χ0v) is 41.0. The van der Waals surface area contributed by atoms with Crippen LogP contribution in [0, 0.1) is 0 Å². The third-order valence-electron chi connectivity index (χ3n) is 15.7. The van der Waals surface area contributed by atoms with Crippen LogP contribution in [0.5, 0.6) is 11.5 Å². The predicted molar refractivity (Wildman–Crippen MR) is 299 cm³/mol. The Balaban J connectivity index is 1.10. The predicted octanol–water partition coefficient (Wildman–Crippen LogP) is 10.7. The van der Waals surface area contributed by atoms with Crippen molar-refractivity contribution in [3.8, 4) is 22.6 Å². The summed E-state index contributed by atoms with van der Waals surface area (Å²) in [5.41, 5.74) is 10.4.